The minimum atomic E-state index is 0.0980. The molecule has 0 aliphatic carbocycles. The molecule has 2 heterocycles. The number of carbonyl (C=O) groups excluding carboxylic acids is 1. The van der Waals surface area contributed by atoms with Crippen molar-refractivity contribution in [2.24, 2.45) is 0 Å². The number of nitrogens with zero attached hydrogens (tertiary/aromatic N) is 6. The topological polar surface area (TPSA) is 76.4 Å². The van der Waals surface area contributed by atoms with Gasteiger partial charge in [-0.3, -0.25) is 9.69 Å². The third kappa shape index (κ3) is 4.18. The number of hydrogen-bond acceptors (Lipinski definition) is 6. The molecule has 1 fully saturated rings. The summed E-state index contributed by atoms with van der Waals surface area (Å²) in [4.78, 5) is 17.0. The Morgan fingerprint density at radius 2 is 1.73 bits per heavy atom. The van der Waals surface area contributed by atoms with Gasteiger partial charge in [-0.25, -0.2) is 0 Å². The van der Waals surface area contributed by atoms with Gasteiger partial charge < -0.3 is 9.64 Å². The maximum atomic E-state index is 12.8. The number of carbonyl (C=O) groups is 1. The van der Waals surface area contributed by atoms with E-state index in [0.717, 1.165) is 41.5 Å². The molecule has 30 heavy (non-hydrogen) atoms. The van der Waals surface area contributed by atoms with Crippen molar-refractivity contribution < 1.29 is 9.53 Å². The van der Waals surface area contributed by atoms with Gasteiger partial charge >= 0.3 is 0 Å². The van der Waals surface area contributed by atoms with Crippen molar-refractivity contribution in [1.82, 2.24) is 30.0 Å². The van der Waals surface area contributed by atoms with Crippen LogP contribution in [-0.4, -0.2) is 69.2 Å². The van der Waals surface area contributed by atoms with E-state index in [0.29, 0.717) is 19.6 Å². The standard InChI is InChI=1S/C22H26N6O2/c1-16-4-5-18(14-17(16)2)22(29)27-12-10-26(11-13-27)15-21-23-24-25-28(21)19-6-8-20(30-3)9-7-19/h4-9,14H,10-13,15H2,1-3H3. The zero-order valence-corrected chi connectivity index (χ0v) is 17.6. The third-order valence-corrected chi connectivity index (χ3v) is 5.63. The van der Waals surface area contributed by atoms with E-state index in [1.165, 1.54) is 5.56 Å². The number of piperazine rings is 1. The summed E-state index contributed by atoms with van der Waals surface area (Å²) in [5.41, 5.74) is 3.99. The first-order valence-electron chi connectivity index (χ1n) is 10.1. The van der Waals surface area contributed by atoms with Gasteiger partial charge in [-0.05, 0) is 71.8 Å². The van der Waals surface area contributed by atoms with Crippen molar-refractivity contribution >= 4 is 5.91 Å². The Labute approximate surface area is 176 Å². The number of ether oxygens (including phenoxy) is 1. The van der Waals surface area contributed by atoms with Crippen molar-refractivity contribution in [1.29, 1.82) is 0 Å². The predicted octanol–water partition coefficient (Wildman–Crippen LogP) is 2.25. The maximum Gasteiger partial charge on any atom is 0.253 e. The van der Waals surface area contributed by atoms with Gasteiger partial charge in [-0.1, -0.05) is 6.07 Å². The summed E-state index contributed by atoms with van der Waals surface area (Å²) in [6, 6.07) is 13.5. The summed E-state index contributed by atoms with van der Waals surface area (Å²) in [6.45, 7) is 7.67. The zero-order chi connectivity index (χ0) is 21.1. The van der Waals surface area contributed by atoms with Crippen LogP contribution >= 0.6 is 0 Å². The monoisotopic (exact) mass is 406 g/mol. The van der Waals surface area contributed by atoms with Crippen LogP contribution in [0.5, 0.6) is 5.75 Å². The normalized spacial score (nSPS) is 14.7. The van der Waals surface area contributed by atoms with E-state index in [1.807, 2.05) is 54.3 Å². The Balaban J connectivity index is 1.38. The Kier molecular flexibility index (Phi) is 5.76. The van der Waals surface area contributed by atoms with E-state index >= 15 is 0 Å². The molecular weight excluding hydrogens is 380 g/mol. The molecule has 1 amide bonds. The quantitative estimate of drug-likeness (QED) is 0.647. The number of aromatic nitrogens is 4. The predicted molar refractivity (Wildman–Crippen MR) is 113 cm³/mol. The summed E-state index contributed by atoms with van der Waals surface area (Å²) in [7, 11) is 1.64. The molecule has 0 spiro atoms. The lowest BCUT2D eigenvalue weighted by atomic mass is 10.1. The van der Waals surface area contributed by atoms with Crippen LogP contribution in [0.2, 0.25) is 0 Å². The van der Waals surface area contributed by atoms with E-state index in [4.69, 9.17) is 4.74 Å². The van der Waals surface area contributed by atoms with Crippen LogP contribution in [0.15, 0.2) is 42.5 Å². The first-order valence-corrected chi connectivity index (χ1v) is 10.1. The molecule has 3 aromatic rings. The van der Waals surface area contributed by atoms with Crippen LogP contribution < -0.4 is 4.74 Å². The first kappa shape index (κ1) is 20.0. The lowest BCUT2D eigenvalue weighted by molar-refractivity contribution is 0.0624. The van der Waals surface area contributed by atoms with Gasteiger partial charge in [-0.2, -0.15) is 4.68 Å². The second-order valence-corrected chi connectivity index (χ2v) is 7.57. The fraction of sp³-hybridized carbons (Fsp3) is 0.364. The molecule has 8 heteroatoms. The van der Waals surface area contributed by atoms with Gasteiger partial charge in [0, 0.05) is 31.7 Å². The largest absolute Gasteiger partial charge is 0.497 e. The lowest BCUT2D eigenvalue weighted by Crippen LogP contribution is -2.48. The van der Waals surface area contributed by atoms with Gasteiger partial charge in [-0.15, -0.1) is 5.10 Å². The third-order valence-electron chi connectivity index (χ3n) is 5.63. The fourth-order valence-electron chi connectivity index (χ4n) is 3.59. The number of benzene rings is 2. The highest BCUT2D eigenvalue weighted by Gasteiger charge is 2.24. The Hall–Kier alpha value is -3.26. The molecule has 8 nitrogen and oxygen atoms in total. The molecule has 0 saturated carbocycles. The molecule has 1 aromatic heterocycles. The lowest BCUT2D eigenvalue weighted by Gasteiger charge is -2.34. The van der Waals surface area contributed by atoms with E-state index < -0.39 is 0 Å². The number of rotatable bonds is 5. The van der Waals surface area contributed by atoms with Crippen molar-refractivity contribution in [3.63, 3.8) is 0 Å². The molecule has 2 aromatic carbocycles. The zero-order valence-electron chi connectivity index (χ0n) is 17.6. The second-order valence-electron chi connectivity index (χ2n) is 7.57. The van der Waals surface area contributed by atoms with Crippen LogP contribution in [-0.2, 0) is 6.54 Å². The van der Waals surface area contributed by atoms with Gasteiger partial charge in [0.1, 0.15) is 5.75 Å². The molecule has 4 rings (SSSR count). The Morgan fingerprint density at radius 3 is 2.40 bits per heavy atom. The summed E-state index contributed by atoms with van der Waals surface area (Å²) < 4.78 is 6.95. The SMILES string of the molecule is COc1ccc(-n2nnnc2CN2CCN(C(=O)c3ccc(C)c(C)c3)CC2)cc1. The second kappa shape index (κ2) is 8.62. The van der Waals surface area contributed by atoms with Gasteiger partial charge in [0.15, 0.2) is 5.82 Å². The summed E-state index contributed by atoms with van der Waals surface area (Å²) in [5.74, 6) is 1.66. The van der Waals surface area contributed by atoms with Crippen LogP contribution in [0.1, 0.15) is 27.3 Å². The van der Waals surface area contributed by atoms with E-state index in [9.17, 15) is 4.79 Å². The van der Waals surface area contributed by atoms with Gasteiger partial charge in [0.05, 0.1) is 19.3 Å². The fourth-order valence-corrected chi connectivity index (χ4v) is 3.59. The number of tetrazole rings is 1. The molecule has 0 unspecified atom stereocenters. The number of hydrogen-bond donors (Lipinski definition) is 0. The molecule has 0 bridgehead atoms. The first-order chi connectivity index (χ1) is 14.5. The average Bonchev–Trinajstić information content (AvgIpc) is 3.24. The summed E-state index contributed by atoms with van der Waals surface area (Å²) in [5, 5.41) is 12.2. The highest BCUT2D eigenvalue weighted by molar-refractivity contribution is 5.94. The van der Waals surface area contributed by atoms with Crippen LogP contribution in [0.3, 0.4) is 0 Å². The molecular formula is C22H26N6O2. The molecule has 1 aliphatic rings. The van der Waals surface area contributed by atoms with Gasteiger partial charge in [0.25, 0.3) is 5.91 Å². The molecule has 0 N–H and O–H groups in total. The summed E-state index contributed by atoms with van der Waals surface area (Å²) in [6.07, 6.45) is 0. The minimum absolute atomic E-state index is 0.0980. The van der Waals surface area contributed by atoms with Crippen molar-refractivity contribution in [2.45, 2.75) is 20.4 Å². The number of aryl methyl sites for hydroxylation is 2. The molecule has 0 radical (unpaired) electrons. The van der Waals surface area contributed by atoms with E-state index in [-0.39, 0.29) is 5.91 Å². The van der Waals surface area contributed by atoms with Crippen LogP contribution in [0, 0.1) is 13.8 Å². The highest BCUT2D eigenvalue weighted by Crippen LogP contribution is 2.17. The summed E-state index contributed by atoms with van der Waals surface area (Å²) >= 11 is 0. The minimum Gasteiger partial charge on any atom is -0.497 e. The average molecular weight is 406 g/mol. The molecule has 156 valence electrons. The number of amides is 1. The van der Waals surface area contributed by atoms with Crippen molar-refractivity contribution in [3.8, 4) is 11.4 Å². The van der Waals surface area contributed by atoms with Crippen molar-refractivity contribution in [3.05, 3.63) is 65.0 Å². The molecule has 0 atom stereocenters. The molecule has 1 saturated heterocycles. The van der Waals surface area contributed by atoms with E-state index in [1.54, 1.807) is 11.8 Å². The smallest absolute Gasteiger partial charge is 0.253 e. The number of methoxy groups -OCH3 is 1. The Bertz CT molecular complexity index is 1020. The molecule has 1 aliphatic heterocycles. The maximum absolute atomic E-state index is 12.8. The Morgan fingerprint density at radius 1 is 1.00 bits per heavy atom. The van der Waals surface area contributed by atoms with Gasteiger partial charge in [0.2, 0.25) is 0 Å². The van der Waals surface area contributed by atoms with E-state index in [2.05, 4.69) is 27.3 Å². The highest BCUT2D eigenvalue weighted by atomic mass is 16.5. The van der Waals surface area contributed by atoms with Crippen molar-refractivity contribution in [2.75, 3.05) is 33.3 Å². The van der Waals surface area contributed by atoms with Crippen LogP contribution in [0.4, 0.5) is 0 Å². The van der Waals surface area contributed by atoms with Crippen LogP contribution in [0.25, 0.3) is 5.69 Å².